The lowest BCUT2D eigenvalue weighted by atomic mass is 9.99. The van der Waals surface area contributed by atoms with Crippen molar-refractivity contribution in [3.8, 4) is 0 Å². The van der Waals surface area contributed by atoms with Gasteiger partial charge >= 0.3 is 0 Å². The predicted octanol–water partition coefficient (Wildman–Crippen LogP) is 3.69. The number of imidazole rings is 1. The summed E-state index contributed by atoms with van der Waals surface area (Å²) in [7, 11) is 0. The standard InChI is InChI=1S/C17H25N3/c1-2-3-6-12-20-16-10-5-4-9-15(16)19-17(20)14-8-7-11-18-13-14/h4-5,9-10,14,18H,2-3,6-8,11-13H2,1H3. The molecule has 1 aromatic heterocycles. The molecule has 2 heterocycles. The lowest BCUT2D eigenvalue weighted by Crippen LogP contribution is -2.30. The van der Waals surface area contributed by atoms with Crippen LogP contribution in [0.2, 0.25) is 0 Å². The van der Waals surface area contributed by atoms with Crippen LogP contribution >= 0.6 is 0 Å². The summed E-state index contributed by atoms with van der Waals surface area (Å²) in [6.45, 7) is 5.61. The highest BCUT2D eigenvalue weighted by molar-refractivity contribution is 5.76. The normalized spacial score (nSPS) is 19.6. The molecule has 0 amide bonds. The van der Waals surface area contributed by atoms with Crippen molar-refractivity contribution in [3.63, 3.8) is 0 Å². The van der Waals surface area contributed by atoms with Crippen LogP contribution in [0.5, 0.6) is 0 Å². The Balaban J connectivity index is 1.93. The molecule has 0 aliphatic carbocycles. The predicted molar refractivity (Wildman–Crippen MR) is 84.1 cm³/mol. The molecule has 1 saturated heterocycles. The lowest BCUT2D eigenvalue weighted by molar-refractivity contribution is 0.431. The highest BCUT2D eigenvalue weighted by Gasteiger charge is 2.21. The van der Waals surface area contributed by atoms with E-state index < -0.39 is 0 Å². The van der Waals surface area contributed by atoms with Crippen LogP contribution in [-0.4, -0.2) is 22.6 Å². The molecular weight excluding hydrogens is 246 g/mol. The summed E-state index contributed by atoms with van der Waals surface area (Å²) in [5.74, 6) is 1.88. The van der Waals surface area contributed by atoms with Gasteiger partial charge in [-0.25, -0.2) is 4.98 Å². The van der Waals surface area contributed by atoms with Crippen molar-refractivity contribution in [1.82, 2.24) is 14.9 Å². The molecule has 108 valence electrons. The van der Waals surface area contributed by atoms with Gasteiger partial charge in [-0.15, -0.1) is 0 Å². The van der Waals surface area contributed by atoms with Crippen molar-refractivity contribution in [2.45, 2.75) is 51.5 Å². The van der Waals surface area contributed by atoms with E-state index in [9.17, 15) is 0 Å². The first-order valence-electron chi connectivity index (χ1n) is 8.06. The average molecular weight is 271 g/mol. The van der Waals surface area contributed by atoms with Gasteiger partial charge in [-0.1, -0.05) is 31.9 Å². The molecule has 20 heavy (non-hydrogen) atoms. The van der Waals surface area contributed by atoms with E-state index in [0.717, 1.165) is 25.2 Å². The fourth-order valence-corrected chi connectivity index (χ4v) is 3.23. The third kappa shape index (κ3) is 2.73. The van der Waals surface area contributed by atoms with Gasteiger partial charge < -0.3 is 9.88 Å². The molecule has 1 N–H and O–H groups in total. The van der Waals surface area contributed by atoms with E-state index in [0.29, 0.717) is 5.92 Å². The van der Waals surface area contributed by atoms with E-state index in [4.69, 9.17) is 4.98 Å². The van der Waals surface area contributed by atoms with Gasteiger partial charge in [0, 0.05) is 19.0 Å². The molecule has 1 fully saturated rings. The van der Waals surface area contributed by atoms with Gasteiger partial charge in [-0.3, -0.25) is 0 Å². The monoisotopic (exact) mass is 271 g/mol. The first-order valence-corrected chi connectivity index (χ1v) is 8.06. The summed E-state index contributed by atoms with van der Waals surface area (Å²) >= 11 is 0. The third-order valence-corrected chi connectivity index (χ3v) is 4.33. The number of hydrogen-bond donors (Lipinski definition) is 1. The summed E-state index contributed by atoms with van der Waals surface area (Å²) in [5, 5.41) is 3.52. The van der Waals surface area contributed by atoms with Gasteiger partial charge in [0.1, 0.15) is 5.82 Å². The van der Waals surface area contributed by atoms with Crippen LogP contribution in [0.3, 0.4) is 0 Å². The summed E-state index contributed by atoms with van der Waals surface area (Å²) < 4.78 is 2.47. The molecule has 1 aliphatic rings. The van der Waals surface area contributed by atoms with Crippen LogP contribution in [0, 0.1) is 0 Å². The van der Waals surface area contributed by atoms with Crippen LogP contribution in [0.4, 0.5) is 0 Å². The van der Waals surface area contributed by atoms with Crippen LogP contribution in [0.1, 0.15) is 50.8 Å². The minimum Gasteiger partial charge on any atom is -0.328 e. The van der Waals surface area contributed by atoms with Crippen molar-refractivity contribution < 1.29 is 0 Å². The number of nitrogens with one attached hydrogen (secondary N) is 1. The number of nitrogens with zero attached hydrogens (tertiary/aromatic N) is 2. The number of para-hydroxylation sites is 2. The Morgan fingerprint density at radius 3 is 3.00 bits per heavy atom. The Morgan fingerprint density at radius 1 is 1.30 bits per heavy atom. The van der Waals surface area contributed by atoms with Gasteiger partial charge in [0.2, 0.25) is 0 Å². The molecule has 1 atom stereocenters. The van der Waals surface area contributed by atoms with Gasteiger partial charge in [0.25, 0.3) is 0 Å². The highest BCUT2D eigenvalue weighted by atomic mass is 15.1. The number of unbranched alkanes of at least 4 members (excludes halogenated alkanes) is 2. The van der Waals surface area contributed by atoms with Crippen LogP contribution in [0.25, 0.3) is 11.0 Å². The minimum atomic E-state index is 0.581. The van der Waals surface area contributed by atoms with E-state index in [1.165, 1.54) is 43.4 Å². The number of benzene rings is 1. The molecule has 2 aromatic rings. The smallest absolute Gasteiger partial charge is 0.114 e. The summed E-state index contributed by atoms with van der Waals surface area (Å²) in [6.07, 6.45) is 6.36. The Morgan fingerprint density at radius 2 is 2.20 bits per heavy atom. The molecule has 0 saturated carbocycles. The highest BCUT2D eigenvalue weighted by Crippen LogP contribution is 2.27. The molecule has 1 unspecified atom stereocenters. The molecular formula is C17H25N3. The number of rotatable bonds is 5. The molecule has 1 aromatic carbocycles. The van der Waals surface area contributed by atoms with Gasteiger partial charge in [0.15, 0.2) is 0 Å². The van der Waals surface area contributed by atoms with E-state index in [1.54, 1.807) is 0 Å². The SMILES string of the molecule is CCCCCn1c(C2CCCNC2)nc2ccccc21. The molecule has 3 nitrogen and oxygen atoms in total. The number of fused-ring (bicyclic) bond motifs is 1. The van der Waals surface area contributed by atoms with Gasteiger partial charge in [0.05, 0.1) is 11.0 Å². The Bertz CT molecular complexity index is 552. The first-order chi connectivity index (χ1) is 9.90. The van der Waals surface area contributed by atoms with E-state index in [1.807, 2.05) is 0 Å². The van der Waals surface area contributed by atoms with E-state index in [-0.39, 0.29) is 0 Å². The van der Waals surface area contributed by atoms with Crippen molar-refractivity contribution >= 4 is 11.0 Å². The average Bonchev–Trinajstić information content (AvgIpc) is 2.87. The van der Waals surface area contributed by atoms with E-state index in [2.05, 4.69) is 41.1 Å². The Hall–Kier alpha value is -1.35. The molecule has 3 rings (SSSR count). The maximum Gasteiger partial charge on any atom is 0.114 e. The van der Waals surface area contributed by atoms with Gasteiger partial charge in [-0.2, -0.15) is 0 Å². The van der Waals surface area contributed by atoms with Crippen LogP contribution in [-0.2, 0) is 6.54 Å². The lowest BCUT2D eigenvalue weighted by Gasteiger charge is -2.23. The molecule has 3 heteroatoms. The first kappa shape index (κ1) is 13.6. The topological polar surface area (TPSA) is 29.9 Å². The van der Waals surface area contributed by atoms with Crippen molar-refractivity contribution in [2.75, 3.05) is 13.1 Å². The maximum atomic E-state index is 4.94. The number of aryl methyl sites for hydroxylation is 1. The second kappa shape index (κ2) is 6.40. The minimum absolute atomic E-state index is 0.581. The van der Waals surface area contributed by atoms with Crippen molar-refractivity contribution in [2.24, 2.45) is 0 Å². The summed E-state index contributed by atoms with van der Waals surface area (Å²) in [5.41, 5.74) is 2.47. The number of piperidine rings is 1. The summed E-state index contributed by atoms with van der Waals surface area (Å²) in [6, 6.07) is 8.58. The molecule has 1 aliphatic heterocycles. The van der Waals surface area contributed by atoms with Crippen LogP contribution < -0.4 is 5.32 Å². The maximum absolute atomic E-state index is 4.94. The number of hydrogen-bond acceptors (Lipinski definition) is 2. The quantitative estimate of drug-likeness (QED) is 0.840. The number of aromatic nitrogens is 2. The molecule has 0 bridgehead atoms. The zero-order valence-corrected chi connectivity index (χ0v) is 12.4. The van der Waals surface area contributed by atoms with Gasteiger partial charge in [-0.05, 0) is 37.9 Å². The summed E-state index contributed by atoms with van der Waals surface area (Å²) in [4.78, 5) is 4.94. The largest absolute Gasteiger partial charge is 0.328 e. The Labute approximate surface area is 121 Å². The third-order valence-electron chi connectivity index (χ3n) is 4.33. The zero-order chi connectivity index (χ0) is 13.8. The fraction of sp³-hybridized carbons (Fsp3) is 0.588. The zero-order valence-electron chi connectivity index (χ0n) is 12.4. The molecule has 0 radical (unpaired) electrons. The second-order valence-corrected chi connectivity index (χ2v) is 5.86. The van der Waals surface area contributed by atoms with E-state index >= 15 is 0 Å². The Kier molecular flexibility index (Phi) is 4.36. The van der Waals surface area contributed by atoms with Crippen LogP contribution in [0.15, 0.2) is 24.3 Å². The fourth-order valence-electron chi connectivity index (χ4n) is 3.23. The second-order valence-electron chi connectivity index (χ2n) is 5.86. The van der Waals surface area contributed by atoms with Crippen molar-refractivity contribution in [1.29, 1.82) is 0 Å². The van der Waals surface area contributed by atoms with Crippen molar-refractivity contribution in [3.05, 3.63) is 30.1 Å². The molecule has 0 spiro atoms.